The molecule has 0 spiro atoms. The summed E-state index contributed by atoms with van der Waals surface area (Å²) in [5.41, 5.74) is 9.99. The van der Waals surface area contributed by atoms with Gasteiger partial charge in [-0.2, -0.15) is 0 Å². The predicted molar refractivity (Wildman–Crippen MR) is 113 cm³/mol. The number of hydrogen-bond acceptors (Lipinski definition) is 7. The number of aromatic nitrogens is 1. The van der Waals surface area contributed by atoms with Gasteiger partial charge in [-0.3, -0.25) is 9.98 Å². The van der Waals surface area contributed by atoms with Gasteiger partial charge in [-0.25, -0.2) is 9.78 Å². The van der Waals surface area contributed by atoms with E-state index in [1.165, 1.54) is 18.9 Å². The highest BCUT2D eigenvalue weighted by molar-refractivity contribution is 7.99. The first-order valence-corrected chi connectivity index (χ1v) is 9.16. The number of anilines is 1. The highest BCUT2D eigenvalue weighted by Gasteiger charge is 2.18. The minimum absolute atomic E-state index is 0.382. The third kappa shape index (κ3) is 4.62. The van der Waals surface area contributed by atoms with Crippen LogP contribution in [0.4, 0.5) is 5.82 Å². The first-order valence-electron chi connectivity index (χ1n) is 8.17. The number of nitrogen functional groups attached to an aromatic ring is 1. The van der Waals surface area contributed by atoms with E-state index in [1.807, 2.05) is 18.2 Å². The zero-order valence-electron chi connectivity index (χ0n) is 15.6. The van der Waals surface area contributed by atoms with Crippen molar-refractivity contribution >= 4 is 36.0 Å². The SMILES string of the molecule is C=CCSc1nc(N)c(C=NC)c(-c2ccc(C(=O)OC)cc2)c1C=NC. The van der Waals surface area contributed by atoms with Gasteiger partial charge in [0.25, 0.3) is 0 Å². The summed E-state index contributed by atoms with van der Waals surface area (Å²) in [5.74, 6) is 0.690. The molecule has 0 atom stereocenters. The third-order valence-corrected chi connectivity index (χ3v) is 4.70. The second kappa shape index (κ2) is 9.68. The Bertz CT molecular complexity index is 890. The van der Waals surface area contributed by atoms with Crippen LogP contribution in [0.5, 0.6) is 0 Å². The van der Waals surface area contributed by atoms with E-state index in [1.54, 1.807) is 38.7 Å². The van der Waals surface area contributed by atoms with E-state index in [9.17, 15) is 4.79 Å². The first kappa shape index (κ1) is 20.4. The highest BCUT2D eigenvalue weighted by Crippen LogP contribution is 2.35. The number of carbonyl (C=O) groups is 1. The maximum absolute atomic E-state index is 11.7. The Morgan fingerprint density at radius 3 is 2.41 bits per heavy atom. The molecule has 0 aliphatic heterocycles. The molecule has 0 amide bonds. The van der Waals surface area contributed by atoms with Gasteiger partial charge in [0.05, 0.1) is 12.7 Å². The van der Waals surface area contributed by atoms with Crippen molar-refractivity contribution in [2.75, 3.05) is 32.7 Å². The van der Waals surface area contributed by atoms with Gasteiger partial charge < -0.3 is 10.5 Å². The van der Waals surface area contributed by atoms with Gasteiger partial charge in [-0.1, -0.05) is 18.2 Å². The van der Waals surface area contributed by atoms with Crippen molar-refractivity contribution in [3.63, 3.8) is 0 Å². The van der Waals surface area contributed by atoms with Crippen LogP contribution in [0.2, 0.25) is 0 Å². The van der Waals surface area contributed by atoms with Crippen LogP contribution in [-0.4, -0.2) is 50.3 Å². The Hall–Kier alpha value is -2.93. The van der Waals surface area contributed by atoms with Gasteiger partial charge in [-0.05, 0) is 17.7 Å². The topological polar surface area (TPSA) is 89.9 Å². The zero-order chi connectivity index (χ0) is 19.8. The molecule has 7 heteroatoms. The molecule has 1 heterocycles. The number of carbonyl (C=O) groups excluding carboxylic acids is 1. The molecule has 0 saturated heterocycles. The molecule has 2 rings (SSSR count). The molecular formula is C20H22N4O2S. The Labute approximate surface area is 163 Å². The normalized spacial score (nSPS) is 11.2. The molecule has 0 bridgehead atoms. The summed E-state index contributed by atoms with van der Waals surface area (Å²) in [6.45, 7) is 3.76. The first-order chi connectivity index (χ1) is 13.1. The number of rotatable bonds is 7. The fourth-order valence-corrected chi connectivity index (χ4v) is 3.32. The number of methoxy groups -OCH3 is 1. The fourth-order valence-electron chi connectivity index (χ4n) is 2.57. The van der Waals surface area contributed by atoms with Crippen LogP contribution in [-0.2, 0) is 4.74 Å². The van der Waals surface area contributed by atoms with Gasteiger partial charge in [0, 0.05) is 49.0 Å². The van der Waals surface area contributed by atoms with E-state index in [4.69, 9.17) is 10.5 Å². The van der Waals surface area contributed by atoms with Crippen LogP contribution in [0.25, 0.3) is 11.1 Å². The Morgan fingerprint density at radius 2 is 1.85 bits per heavy atom. The van der Waals surface area contributed by atoms with Gasteiger partial charge >= 0.3 is 5.97 Å². The lowest BCUT2D eigenvalue weighted by Crippen LogP contribution is -2.07. The summed E-state index contributed by atoms with van der Waals surface area (Å²) in [4.78, 5) is 24.6. The van der Waals surface area contributed by atoms with E-state index in [2.05, 4.69) is 21.5 Å². The van der Waals surface area contributed by atoms with Crippen LogP contribution in [0, 0.1) is 0 Å². The van der Waals surface area contributed by atoms with Gasteiger partial charge in [0.15, 0.2) is 0 Å². The fraction of sp³-hybridized carbons (Fsp3) is 0.200. The molecule has 1 aromatic heterocycles. The van der Waals surface area contributed by atoms with Crippen LogP contribution in [0.3, 0.4) is 0 Å². The minimum Gasteiger partial charge on any atom is -0.465 e. The van der Waals surface area contributed by atoms with Gasteiger partial charge in [0.2, 0.25) is 0 Å². The second-order valence-electron chi connectivity index (χ2n) is 5.45. The predicted octanol–water partition coefficient (Wildman–Crippen LogP) is 3.49. The van der Waals surface area contributed by atoms with Crippen molar-refractivity contribution in [1.82, 2.24) is 4.98 Å². The number of pyridine rings is 1. The van der Waals surface area contributed by atoms with E-state index < -0.39 is 0 Å². The standard InChI is InChI=1S/C20H22N4O2S/c1-5-10-27-19-16(12-23-3)17(15(11-22-2)18(21)24-19)13-6-8-14(9-7-13)20(25)26-4/h5-9,11-12H,1,10H2,2-4H3,(H2,21,24). The minimum atomic E-state index is -0.385. The molecule has 27 heavy (non-hydrogen) atoms. The number of aliphatic imine (C=N–C) groups is 2. The van der Waals surface area contributed by atoms with Crippen molar-refractivity contribution in [2.45, 2.75) is 5.03 Å². The molecule has 0 radical (unpaired) electrons. The monoisotopic (exact) mass is 382 g/mol. The number of ether oxygens (including phenoxy) is 1. The highest BCUT2D eigenvalue weighted by atomic mass is 32.2. The van der Waals surface area contributed by atoms with Crippen LogP contribution in [0.1, 0.15) is 21.5 Å². The molecule has 2 aromatic rings. The summed E-state index contributed by atoms with van der Waals surface area (Å²) < 4.78 is 4.76. The van der Waals surface area contributed by atoms with Gasteiger partial charge in [-0.15, -0.1) is 18.3 Å². The molecule has 0 unspecified atom stereocenters. The van der Waals surface area contributed by atoms with E-state index in [-0.39, 0.29) is 5.97 Å². The summed E-state index contributed by atoms with van der Waals surface area (Å²) in [6, 6.07) is 7.13. The van der Waals surface area contributed by atoms with Crippen molar-refractivity contribution in [3.8, 4) is 11.1 Å². The smallest absolute Gasteiger partial charge is 0.337 e. The summed E-state index contributed by atoms with van der Waals surface area (Å²) >= 11 is 1.53. The molecule has 0 fully saturated rings. The molecular weight excluding hydrogens is 360 g/mol. The second-order valence-corrected chi connectivity index (χ2v) is 6.46. The van der Waals surface area contributed by atoms with Gasteiger partial charge in [0.1, 0.15) is 10.8 Å². The van der Waals surface area contributed by atoms with E-state index >= 15 is 0 Å². The summed E-state index contributed by atoms with van der Waals surface area (Å²) in [5, 5.41) is 0.762. The lowest BCUT2D eigenvalue weighted by Gasteiger charge is -2.16. The number of hydrogen-bond donors (Lipinski definition) is 1. The molecule has 6 nitrogen and oxygen atoms in total. The Morgan fingerprint density at radius 1 is 1.22 bits per heavy atom. The van der Waals surface area contributed by atoms with E-state index in [0.717, 1.165) is 21.7 Å². The maximum atomic E-state index is 11.7. The molecule has 1 aromatic carbocycles. The average molecular weight is 382 g/mol. The number of nitrogens with zero attached hydrogens (tertiary/aromatic N) is 3. The van der Waals surface area contributed by atoms with Crippen LogP contribution in [0.15, 0.2) is 51.9 Å². The molecule has 0 saturated carbocycles. The third-order valence-electron chi connectivity index (χ3n) is 3.72. The van der Waals surface area contributed by atoms with Crippen molar-refractivity contribution in [2.24, 2.45) is 9.98 Å². The van der Waals surface area contributed by atoms with Crippen molar-refractivity contribution < 1.29 is 9.53 Å². The lowest BCUT2D eigenvalue weighted by molar-refractivity contribution is 0.0601. The number of nitrogens with two attached hydrogens (primary N) is 1. The molecule has 140 valence electrons. The average Bonchev–Trinajstić information content (AvgIpc) is 2.69. The van der Waals surface area contributed by atoms with E-state index in [0.29, 0.717) is 22.7 Å². The molecule has 2 N–H and O–H groups in total. The lowest BCUT2D eigenvalue weighted by atomic mass is 9.95. The Kier molecular flexibility index (Phi) is 7.31. The summed E-state index contributed by atoms with van der Waals surface area (Å²) in [6.07, 6.45) is 5.25. The van der Waals surface area contributed by atoms with Crippen LogP contribution >= 0.6 is 11.8 Å². The quantitative estimate of drug-likeness (QED) is 0.343. The number of esters is 1. The Balaban J connectivity index is 2.75. The number of thioether (sulfide) groups is 1. The van der Waals surface area contributed by atoms with Crippen molar-refractivity contribution in [1.29, 1.82) is 0 Å². The zero-order valence-corrected chi connectivity index (χ0v) is 16.4. The number of benzene rings is 1. The largest absolute Gasteiger partial charge is 0.465 e. The van der Waals surface area contributed by atoms with Crippen LogP contribution < -0.4 is 5.73 Å². The maximum Gasteiger partial charge on any atom is 0.337 e. The molecule has 0 aliphatic rings. The molecule has 0 aliphatic carbocycles. The summed E-state index contributed by atoms with van der Waals surface area (Å²) in [7, 11) is 4.74. The van der Waals surface area contributed by atoms with Crippen molar-refractivity contribution in [3.05, 3.63) is 53.6 Å².